The Labute approximate surface area is 90.2 Å². The molecule has 1 aromatic carbocycles. The SMILES string of the molecule is Cc1c[c]cc(C)c1.[Br][Mg][Br]. The Kier molecular flexibility index (Phi) is 8.24. The van der Waals surface area contributed by atoms with Crippen LogP contribution in [0.3, 0.4) is 0 Å². The molecule has 0 aromatic heterocycles. The van der Waals surface area contributed by atoms with Crippen LogP contribution in [-0.2, 0) is 0 Å². The molecule has 57 valence electrons. The number of hydrogen-bond acceptors (Lipinski definition) is 0. The Balaban J connectivity index is 0.000000292. The van der Waals surface area contributed by atoms with E-state index in [1.54, 1.807) is 0 Å². The van der Waals surface area contributed by atoms with Crippen molar-refractivity contribution in [2.45, 2.75) is 13.8 Å². The van der Waals surface area contributed by atoms with Gasteiger partial charge in [-0.15, -0.1) is 0 Å². The summed E-state index contributed by atoms with van der Waals surface area (Å²) in [5, 5.41) is 0. The fraction of sp³-hybridized carbons (Fsp3) is 0.250. The summed E-state index contributed by atoms with van der Waals surface area (Å²) in [6.07, 6.45) is 0. The molecule has 0 spiro atoms. The minimum atomic E-state index is 0.0417. The molecule has 0 amide bonds. The van der Waals surface area contributed by atoms with E-state index in [1.807, 2.05) is 12.1 Å². The van der Waals surface area contributed by atoms with Crippen LogP contribution in [-0.4, -0.2) is 16.0 Å². The molecule has 0 bridgehead atoms. The smallest absolute Gasteiger partial charge is 0.280 e. The van der Waals surface area contributed by atoms with Crippen LogP contribution in [0.15, 0.2) is 18.2 Å². The highest BCUT2D eigenvalue weighted by Gasteiger charge is 1.81. The van der Waals surface area contributed by atoms with E-state index in [0.29, 0.717) is 0 Å². The van der Waals surface area contributed by atoms with Crippen molar-refractivity contribution in [3.05, 3.63) is 35.4 Å². The largest absolute Gasteiger partial charge is 0.560 e. The molecule has 0 N–H and O–H groups in total. The Morgan fingerprint density at radius 3 is 1.73 bits per heavy atom. The summed E-state index contributed by atoms with van der Waals surface area (Å²) in [7, 11) is 0. The first-order chi connectivity index (χ1) is 5.20. The van der Waals surface area contributed by atoms with Crippen molar-refractivity contribution in [2.75, 3.05) is 0 Å². The summed E-state index contributed by atoms with van der Waals surface area (Å²) in [5.74, 6) is 0. The highest BCUT2D eigenvalue weighted by molar-refractivity contribution is 9.47. The second-order valence-electron chi connectivity index (χ2n) is 2.19. The molecule has 0 fully saturated rings. The predicted molar refractivity (Wildman–Crippen MR) is 58.4 cm³/mol. The lowest BCUT2D eigenvalue weighted by molar-refractivity contribution is 1.38. The normalized spacial score (nSPS) is 7.64. The molecule has 0 saturated carbocycles. The van der Waals surface area contributed by atoms with Crippen molar-refractivity contribution in [3.63, 3.8) is 0 Å². The van der Waals surface area contributed by atoms with Gasteiger partial charge in [0.25, 0.3) is 0 Å². The van der Waals surface area contributed by atoms with Crippen molar-refractivity contribution in [2.24, 2.45) is 0 Å². The molecule has 0 nitrogen and oxygen atoms in total. The Hall–Kier alpha value is 0.946. The van der Waals surface area contributed by atoms with Gasteiger partial charge in [-0.1, -0.05) is 29.3 Å². The Bertz CT molecular complexity index is 184. The van der Waals surface area contributed by atoms with Crippen LogP contribution < -0.4 is 0 Å². The zero-order valence-corrected chi connectivity index (χ0v) is 11.3. The van der Waals surface area contributed by atoms with E-state index in [2.05, 4.69) is 51.7 Å². The fourth-order valence-electron chi connectivity index (χ4n) is 0.747. The van der Waals surface area contributed by atoms with Crippen LogP contribution in [0.1, 0.15) is 11.1 Å². The van der Waals surface area contributed by atoms with Crippen molar-refractivity contribution in [1.29, 1.82) is 0 Å². The highest BCUT2D eigenvalue weighted by Crippen LogP contribution is 1.99. The Morgan fingerprint density at radius 1 is 1.18 bits per heavy atom. The van der Waals surface area contributed by atoms with Gasteiger partial charge in [0.2, 0.25) is 0 Å². The van der Waals surface area contributed by atoms with Crippen molar-refractivity contribution >= 4 is 41.8 Å². The lowest BCUT2D eigenvalue weighted by atomic mass is 10.2. The summed E-state index contributed by atoms with van der Waals surface area (Å²) in [4.78, 5) is 0. The van der Waals surface area contributed by atoms with Gasteiger partial charge in [0.1, 0.15) is 0 Å². The average Bonchev–Trinajstić information content (AvgIpc) is 1.88. The maximum absolute atomic E-state index is 3.20. The molecule has 3 heteroatoms. The van der Waals surface area contributed by atoms with Crippen molar-refractivity contribution in [3.8, 4) is 0 Å². The molecular weight excluding hydrogens is 280 g/mol. The van der Waals surface area contributed by atoms with Gasteiger partial charge >= 0.3 is 16.0 Å². The number of halogens is 2. The van der Waals surface area contributed by atoms with Gasteiger partial charge in [-0.05, 0) is 19.9 Å². The highest BCUT2D eigenvalue weighted by atomic mass is 79.9. The third-order valence-electron chi connectivity index (χ3n) is 1.08. The van der Waals surface area contributed by atoms with Gasteiger partial charge in [-0.2, -0.15) is 0 Å². The third kappa shape index (κ3) is 7.31. The zero-order chi connectivity index (χ0) is 8.69. The molecule has 1 rings (SSSR count). The zero-order valence-electron chi connectivity index (χ0n) is 6.70. The van der Waals surface area contributed by atoms with E-state index < -0.39 is 0 Å². The molecule has 0 heterocycles. The standard InChI is InChI=1S/C8H9.2BrH.Mg/c1-7-4-3-5-8(2)6-7;;;/h4-6H,1-2H3;2*1H;/q;;;+2/p-2. The first kappa shape index (κ1) is 11.9. The van der Waals surface area contributed by atoms with E-state index in [1.165, 1.54) is 11.1 Å². The lowest BCUT2D eigenvalue weighted by Gasteiger charge is -1.90. The molecule has 1 radical (unpaired) electrons. The summed E-state index contributed by atoms with van der Waals surface area (Å²) >= 11 is 6.44. The van der Waals surface area contributed by atoms with Gasteiger partial charge < -0.3 is 0 Å². The number of aryl methyl sites for hydroxylation is 2. The van der Waals surface area contributed by atoms with Crippen LogP contribution >= 0.6 is 25.8 Å². The molecule has 0 aliphatic rings. The van der Waals surface area contributed by atoms with Crippen molar-refractivity contribution in [1.82, 2.24) is 0 Å². The van der Waals surface area contributed by atoms with Crippen LogP contribution in [0.25, 0.3) is 0 Å². The first-order valence-electron chi connectivity index (χ1n) is 3.27. The molecule has 0 saturated heterocycles. The number of hydrogen-bond donors (Lipinski definition) is 0. The summed E-state index contributed by atoms with van der Waals surface area (Å²) < 4.78 is 0. The molecule has 0 atom stereocenters. The maximum Gasteiger partial charge on any atom is 0.560 e. The molecule has 0 aliphatic heterocycles. The van der Waals surface area contributed by atoms with Crippen LogP contribution in [0.2, 0.25) is 0 Å². The van der Waals surface area contributed by atoms with Gasteiger partial charge in [0.15, 0.2) is 0 Å². The summed E-state index contributed by atoms with van der Waals surface area (Å²) in [5.41, 5.74) is 2.56. The second kappa shape index (κ2) is 7.59. The van der Waals surface area contributed by atoms with Gasteiger partial charge in [-0.25, -0.2) is 0 Å². The van der Waals surface area contributed by atoms with E-state index in [9.17, 15) is 0 Å². The minimum absolute atomic E-state index is 0.0417. The maximum atomic E-state index is 3.20. The first-order valence-corrected chi connectivity index (χ1v) is 11.1. The second-order valence-corrected chi connectivity index (χ2v) is 10.3. The van der Waals surface area contributed by atoms with E-state index >= 15 is 0 Å². The van der Waals surface area contributed by atoms with Crippen molar-refractivity contribution < 1.29 is 0 Å². The van der Waals surface area contributed by atoms with E-state index in [4.69, 9.17) is 0 Å². The predicted octanol–water partition coefficient (Wildman–Crippen LogP) is 3.41. The monoisotopic (exact) mass is 287 g/mol. The molecule has 0 unspecified atom stereocenters. The molecule has 0 aliphatic carbocycles. The van der Waals surface area contributed by atoms with E-state index in [-0.39, 0.29) is 16.0 Å². The van der Waals surface area contributed by atoms with Gasteiger partial charge in [0, 0.05) is 0 Å². The van der Waals surface area contributed by atoms with Crippen LogP contribution in [0.5, 0.6) is 0 Å². The Morgan fingerprint density at radius 2 is 1.55 bits per heavy atom. The lowest BCUT2D eigenvalue weighted by Crippen LogP contribution is -1.72. The number of benzene rings is 1. The summed E-state index contributed by atoms with van der Waals surface area (Å²) in [6, 6.07) is 9.12. The van der Waals surface area contributed by atoms with Gasteiger partial charge in [-0.3, -0.25) is 25.8 Å². The van der Waals surface area contributed by atoms with Crippen LogP contribution in [0, 0.1) is 19.9 Å². The average molecular weight is 289 g/mol. The van der Waals surface area contributed by atoms with Crippen LogP contribution in [0.4, 0.5) is 0 Å². The third-order valence-corrected chi connectivity index (χ3v) is 1.08. The number of rotatable bonds is 0. The fourth-order valence-corrected chi connectivity index (χ4v) is 0.747. The molecular formula is C8H9Br2Mg. The molecule has 11 heavy (non-hydrogen) atoms. The molecule has 1 aromatic rings. The quantitative estimate of drug-likeness (QED) is 0.642. The minimum Gasteiger partial charge on any atom is -0.280 e. The van der Waals surface area contributed by atoms with Gasteiger partial charge in [0.05, 0.1) is 0 Å². The van der Waals surface area contributed by atoms with E-state index in [0.717, 1.165) is 0 Å². The topological polar surface area (TPSA) is 0 Å². The summed E-state index contributed by atoms with van der Waals surface area (Å²) in [6.45, 7) is 4.15.